The number of allylic oxidation sites excluding steroid dienone is 1. The van der Waals surface area contributed by atoms with Crippen LogP contribution >= 0.6 is 39.3 Å². The summed E-state index contributed by atoms with van der Waals surface area (Å²) in [6, 6.07) is 0. The SMILES string of the molecule is O=C(Cl)C1(Br)CC=CS1. The van der Waals surface area contributed by atoms with E-state index in [-0.39, 0.29) is 5.24 Å². The molecule has 0 fully saturated rings. The van der Waals surface area contributed by atoms with Gasteiger partial charge in [0.25, 0.3) is 0 Å². The van der Waals surface area contributed by atoms with Crippen molar-refractivity contribution in [2.75, 3.05) is 0 Å². The number of rotatable bonds is 1. The minimum Gasteiger partial charge on any atom is -0.279 e. The predicted octanol–water partition coefficient (Wildman–Crippen LogP) is 2.49. The maximum atomic E-state index is 10.6. The molecule has 9 heavy (non-hydrogen) atoms. The third kappa shape index (κ3) is 1.51. The fraction of sp³-hybridized carbons (Fsp3) is 0.400. The molecule has 0 saturated carbocycles. The zero-order chi connectivity index (χ0) is 6.91. The lowest BCUT2D eigenvalue weighted by Gasteiger charge is -2.12. The van der Waals surface area contributed by atoms with Crippen molar-refractivity contribution in [1.29, 1.82) is 0 Å². The molecule has 0 aromatic rings. The van der Waals surface area contributed by atoms with Crippen molar-refractivity contribution >= 4 is 44.5 Å². The van der Waals surface area contributed by atoms with Crippen molar-refractivity contribution in [1.82, 2.24) is 0 Å². The number of hydrogen-bond acceptors (Lipinski definition) is 2. The van der Waals surface area contributed by atoms with Gasteiger partial charge in [-0.2, -0.15) is 0 Å². The first-order valence-electron chi connectivity index (χ1n) is 2.37. The van der Waals surface area contributed by atoms with Crippen LogP contribution in [0.1, 0.15) is 6.42 Å². The summed E-state index contributed by atoms with van der Waals surface area (Å²) in [6.45, 7) is 0. The van der Waals surface area contributed by atoms with E-state index >= 15 is 0 Å². The molecule has 1 rings (SSSR count). The van der Waals surface area contributed by atoms with Crippen LogP contribution in [0.4, 0.5) is 0 Å². The van der Waals surface area contributed by atoms with E-state index in [1.54, 1.807) is 0 Å². The second-order valence-electron chi connectivity index (χ2n) is 1.70. The van der Waals surface area contributed by atoms with Crippen molar-refractivity contribution < 1.29 is 4.79 Å². The maximum absolute atomic E-state index is 10.6. The summed E-state index contributed by atoms with van der Waals surface area (Å²) in [5.74, 6) is 0. The number of carbonyl (C=O) groups is 1. The molecule has 0 aromatic carbocycles. The van der Waals surface area contributed by atoms with Gasteiger partial charge in [0.2, 0.25) is 5.24 Å². The van der Waals surface area contributed by atoms with Gasteiger partial charge in [0.05, 0.1) is 0 Å². The summed E-state index contributed by atoms with van der Waals surface area (Å²) in [6.07, 6.45) is 2.60. The highest BCUT2D eigenvalue weighted by molar-refractivity contribution is 9.12. The summed E-state index contributed by atoms with van der Waals surface area (Å²) in [5.41, 5.74) is 0. The van der Waals surface area contributed by atoms with E-state index in [0.717, 1.165) is 0 Å². The Bertz CT molecular complexity index is 160. The Labute approximate surface area is 71.0 Å². The van der Waals surface area contributed by atoms with Crippen LogP contribution in [0.3, 0.4) is 0 Å². The van der Waals surface area contributed by atoms with Gasteiger partial charge in [-0.15, -0.1) is 11.8 Å². The highest BCUT2D eigenvalue weighted by Crippen LogP contribution is 2.43. The average molecular weight is 228 g/mol. The molecule has 0 saturated heterocycles. The van der Waals surface area contributed by atoms with Crippen LogP contribution in [0.15, 0.2) is 11.5 Å². The number of alkyl halides is 1. The van der Waals surface area contributed by atoms with Gasteiger partial charge in [0, 0.05) is 0 Å². The highest BCUT2D eigenvalue weighted by Gasteiger charge is 2.35. The molecular formula is C5H4BrClOS. The minimum absolute atomic E-state index is 0.336. The average Bonchev–Trinajstić information content (AvgIpc) is 2.16. The summed E-state index contributed by atoms with van der Waals surface area (Å²) in [5, 5.41) is 1.53. The number of hydrogen-bond donors (Lipinski definition) is 0. The van der Waals surface area contributed by atoms with Crippen molar-refractivity contribution in [2.45, 2.75) is 10.1 Å². The topological polar surface area (TPSA) is 17.1 Å². The first-order chi connectivity index (χ1) is 4.15. The second-order valence-corrected chi connectivity index (χ2v) is 5.12. The quantitative estimate of drug-likeness (QED) is 0.506. The van der Waals surface area contributed by atoms with Gasteiger partial charge in [0.1, 0.15) is 0 Å². The molecule has 1 unspecified atom stereocenters. The third-order valence-corrected chi connectivity index (χ3v) is 3.99. The summed E-state index contributed by atoms with van der Waals surface area (Å²) in [7, 11) is 0. The molecule has 0 aliphatic carbocycles. The molecule has 0 aromatic heterocycles. The van der Waals surface area contributed by atoms with E-state index in [4.69, 9.17) is 11.6 Å². The van der Waals surface area contributed by atoms with Gasteiger partial charge in [-0.3, -0.25) is 4.79 Å². The lowest BCUT2D eigenvalue weighted by molar-refractivity contribution is -0.111. The number of halogens is 2. The first kappa shape index (κ1) is 7.63. The molecule has 4 heteroatoms. The Morgan fingerprint density at radius 3 is 2.78 bits per heavy atom. The highest BCUT2D eigenvalue weighted by atomic mass is 79.9. The van der Waals surface area contributed by atoms with E-state index in [0.29, 0.717) is 6.42 Å². The van der Waals surface area contributed by atoms with Crippen molar-refractivity contribution in [2.24, 2.45) is 0 Å². The molecule has 1 atom stereocenters. The Balaban J connectivity index is 2.66. The molecule has 0 radical (unpaired) electrons. The Hall–Kier alpha value is 0.530. The molecular weight excluding hydrogens is 223 g/mol. The monoisotopic (exact) mass is 226 g/mol. The van der Waals surface area contributed by atoms with Crippen LogP contribution < -0.4 is 0 Å². The molecule has 0 N–H and O–H groups in total. The summed E-state index contributed by atoms with van der Waals surface area (Å²) >= 11 is 9.92. The predicted molar refractivity (Wildman–Crippen MR) is 43.9 cm³/mol. The van der Waals surface area contributed by atoms with Gasteiger partial charge < -0.3 is 0 Å². The van der Waals surface area contributed by atoms with Crippen LogP contribution in [-0.4, -0.2) is 8.90 Å². The second kappa shape index (κ2) is 2.64. The third-order valence-electron chi connectivity index (χ3n) is 1.02. The smallest absolute Gasteiger partial charge is 0.249 e. The fourth-order valence-electron chi connectivity index (χ4n) is 0.530. The van der Waals surface area contributed by atoms with Gasteiger partial charge in [-0.1, -0.05) is 22.0 Å². The van der Waals surface area contributed by atoms with Gasteiger partial charge in [0.15, 0.2) is 3.66 Å². The number of carbonyl (C=O) groups excluding carboxylic acids is 1. The molecule has 1 heterocycles. The Kier molecular flexibility index (Phi) is 2.24. The Morgan fingerprint density at radius 2 is 2.56 bits per heavy atom. The Morgan fingerprint density at radius 1 is 1.89 bits per heavy atom. The van der Waals surface area contributed by atoms with E-state index in [1.165, 1.54) is 11.8 Å². The molecule has 50 valence electrons. The normalized spacial score (nSPS) is 33.1. The van der Waals surface area contributed by atoms with Crippen LogP contribution in [0.25, 0.3) is 0 Å². The lowest BCUT2D eigenvalue weighted by atomic mass is 10.3. The molecule has 1 nitrogen and oxygen atoms in total. The summed E-state index contributed by atoms with van der Waals surface area (Å²) in [4.78, 5) is 10.6. The van der Waals surface area contributed by atoms with E-state index in [2.05, 4.69) is 15.9 Å². The first-order valence-corrected chi connectivity index (χ1v) is 4.42. The van der Waals surface area contributed by atoms with Crippen LogP contribution in [0.2, 0.25) is 0 Å². The molecule has 0 bridgehead atoms. The standard InChI is InChI=1S/C5H4BrClOS/c6-5(4(7)8)2-1-3-9-5/h1,3H,2H2. The number of thioether (sulfide) groups is 1. The van der Waals surface area contributed by atoms with Crippen LogP contribution in [0, 0.1) is 0 Å². The maximum Gasteiger partial charge on any atom is 0.249 e. The summed E-state index contributed by atoms with van der Waals surface area (Å²) < 4.78 is -0.561. The molecule has 0 amide bonds. The lowest BCUT2D eigenvalue weighted by Crippen LogP contribution is -2.19. The molecule has 1 aliphatic heterocycles. The molecule has 0 spiro atoms. The van der Waals surface area contributed by atoms with E-state index < -0.39 is 3.66 Å². The van der Waals surface area contributed by atoms with Gasteiger partial charge in [-0.25, -0.2) is 0 Å². The van der Waals surface area contributed by atoms with Crippen molar-refractivity contribution in [3.05, 3.63) is 11.5 Å². The van der Waals surface area contributed by atoms with E-state index in [9.17, 15) is 4.79 Å². The van der Waals surface area contributed by atoms with Gasteiger partial charge in [-0.05, 0) is 23.4 Å². The van der Waals surface area contributed by atoms with Crippen LogP contribution in [0.5, 0.6) is 0 Å². The minimum atomic E-state index is -0.561. The van der Waals surface area contributed by atoms with Gasteiger partial charge >= 0.3 is 0 Å². The largest absolute Gasteiger partial charge is 0.279 e. The van der Waals surface area contributed by atoms with Crippen molar-refractivity contribution in [3.63, 3.8) is 0 Å². The zero-order valence-corrected chi connectivity index (χ0v) is 7.59. The zero-order valence-electron chi connectivity index (χ0n) is 4.43. The van der Waals surface area contributed by atoms with Crippen molar-refractivity contribution in [3.8, 4) is 0 Å². The van der Waals surface area contributed by atoms with E-state index in [1.807, 2.05) is 11.5 Å². The molecule has 1 aliphatic rings. The van der Waals surface area contributed by atoms with Crippen LogP contribution in [-0.2, 0) is 4.79 Å². The fourth-order valence-corrected chi connectivity index (χ4v) is 1.95.